The molecule has 0 saturated carbocycles. The second-order valence-electron chi connectivity index (χ2n) is 3.03. The third kappa shape index (κ3) is 2.71. The fourth-order valence-electron chi connectivity index (χ4n) is 1.08. The molecule has 0 spiro atoms. The predicted molar refractivity (Wildman–Crippen MR) is 57.5 cm³/mol. The van der Waals surface area contributed by atoms with Gasteiger partial charge in [0.1, 0.15) is 4.88 Å². The number of ether oxygens (including phenoxy) is 1. The Bertz CT molecular complexity index is 312. The molecule has 0 aliphatic carbocycles. The molecule has 14 heavy (non-hydrogen) atoms. The van der Waals surface area contributed by atoms with Gasteiger partial charge in [0.25, 0.3) is 5.91 Å². The molecule has 5 heteroatoms. The van der Waals surface area contributed by atoms with Gasteiger partial charge in [0.05, 0.1) is 12.3 Å². The van der Waals surface area contributed by atoms with Gasteiger partial charge >= 0.3 is 0 Å². The van der Waals surface area contributed by atoms with Crippen LogP contribution in [-0.4, -0.2) is 25.7 Å². The summed E-state index contributed by atoms with van der Waals surface area (Å²) in [6.45, 7) is 2.38. The molecule has 1 unspecified atom stereocenters. The van der Waals surface area contributed by atoms with Crippen molar-refractivity contribution in [2.45, 2.75) is 13.0 Å². The van der Waals surface area contributed by atoms with Crippen LogP contribution < -0.4 is 11.1 Å². The van der Waals surface area contributed by atoms with Gasteiger partial charge in [-0.05, 0) is 18.4 Å². The largest absolute Gasteiger partial charge is 0.397 e. The monoisotopic (exact) mass is 214 g/mol. The molecule has 1 aromatic rings. The van der Waals surface area contributed by atoms with Gasteiger partial charge in [-0.2, -0.15) is 0 Å². The first-order valence-corrected chi connectivity index (χ1v) is 5.16. The molecule has 3 N–H and O–H groups in total. The van der Waals surface area contributed by atoms with Crippen molar-refractivity contribution >= 4 is 22.9 Å². The van der Waals surface area contributed by atoms with E-state index < -0.39 is 0 Å². The summed E-state index contributed by atoms with van der Waals surface area (Å²) in [6.07, 6.45) is 0. The fourth-order valence-corrected chi connectivity index (χ4v) is 1.81. The lowest BCUT2D eigenvalue weighted by Gasteiger charge is -2.11. The Morgan fingerprint density at radius 1 is 1.79 bits per heavy atom. The second kappa shape index (κ2) is 4.97. The predicted octanol–water partition coefficient (Wildman–Crippen LogP) is 1.10. The van der Waals surface area contributed by atoms with Crippen LogP contribution >= 0.6 is 11.3 Å². The molecule has 0 aromatic carbocycles. The average molecular weight is 214 g/mol. The average Bonchev–Trinajstić information content (AvgIpc) is 2.51. The molecule has 1 atom stereocenters. The van der Waals surface area contributed by atoms with E-state index in [2.05, 4.69) is 5.32 Å². The third-order valence-corrected chi connectivity index (χ3v) is 2.63. The summed E-state index contributed by atoms with van der Waals surface area (Å²) in [5.41, 5.74) is 6.13. The van der Waals surface area contributed by atoms with E-state index in [-0.39, 0.29) is 11.9 Å². The number of nitrogens with one attached hydrogen (secondary N) is 1. The molecule has 0 fully saturated rings. The zero-order chi connectivity index (χ0) is 10.6. The summed E-state index contributed by atoms with van der Waals surface area (Å²) in [7, 11) is 1.60. The van der Waals surface area contributed by atoms with Crippen molar-refractivity contribution in [3.8, 4) is 0 Å². The minimum Gasteiger partial charge on any atom is -0.397 e. The van der Waals surface area contributed by atoms with E-state index in [9.17, 15) is 4.79 Å². The number of methoxy groups -OCH3 is 1. The third-order valence-electron chi connectivity index (χ3n) is 1.70. The molecular formula is C9H14N2O2S. The highest BCUT2D eigenvalue weighted by Gasteiger charge is 2.13. The van der Waals surface area contributed by atoms with Crippen LogP contribution in [0.2, 0.25) is 0 Å². The molecule has 0 radical (unpaired) electrons. The molecule has 0 aliphatic heterocycles. The normalized spacial score (nSPS) is 12.4. The molecule has 1 rings (SSSR count). The minimum atomic E-state index is -0.137. The summed E-state index contributed by atoms with van der Waals surface area (Å²) < 4.78 is 4.91. The van der Waals surface area contributed by atoms with Crippen molar-refractivity contribution in [2.24, 2.45) is 0 Å². The Labute approximate surface area is 87.1 Å². The van der Waals surface area contributed by atoms with E-state index >= 15 is 0 Å². The minimum absolute atomic E-state index is 0.00556. The summed E-state index contributed by atoms with van der Waals surface area (Å²) >= 11 is 1.34. The summed E-state index contributed by atoms with van der Waals surface area (Å²) in [6, 6.07) is 1.72. The highest BCUT2D eigenvalue weighted by molar-refractivity contribution is 7.12. The summed E-state index contributed by atoms with van der Waals surface area (Å²) in [4.78, 5) is 12.1. The van der Waals surface area contributed by atoms with Gasteiger partial charge in [-0.1, -0.05) is 0 Å². The molecule has 1 aromatic heterocycles. The van der Waals surface area contributed by atoms with E-state index in [1.807, 2.05) is 6.92 Å². The van der Waals surface area contributed by atoms with Gasteiger partial charge in [-0.25, -0.2) is 0 Å². The van der Waals surface area contributed by atoms with E-state index in [4.69, 9.17) is 10.5 Å². The quantitative estimate of drug-likeness (QED) is 0.788. The van der Waals surface area contributed by atoms with E-state index in [1.54, 1.807) is 18.6 Å². The smallest absolute Gasteiger partial charge is 0.263 e. The van der Waals surface area contributed by atoms with Gasteiger partial charge < -0.3 is 15.8 Å². The van der Waals surface area contributed by atoms with Crippen LogP contribution in [0.4, 0.5) is 5.69 Å². The number of hydrogen-bond acceptors (Lipinski definition) is 4. The van der Waals surface area contributed by atoms with Crippen molar-refractivity contribution in [2.75, 3.05) is 19.5 Å². The number of thiophene rings is 1. The Morgan fingerprint density at radius 2 is 2.50 bits per heavy atom. The van der Waals surface area contributed by atoms with Gasteiger partial charge in [0.2, 0.25) is 0 Å². The summed E-state index contributed by atoms with van der Waals surface area (Å²) in [5, 5.41) is 4.59. The zero-order valence-corrected chi connectivity index (χ0v) is 9.06. The van der Waals surface area contributed by atoms with E-state index in [1.165, 1.54) is 11.3 Å². The van der Waals surface area contributed by atoms with E-state index in [0.29, 0.717) is 17.2 Å². The SMILES string of the molecule is COCC(C)NC(=O)c1sccc1N. The van der Waals surface area contributed by atoms with Crippen molar-refractivity contribution < 1.29 is 9.53 Å². The maximum absolute atomic E-state index is 11.6. The van der Waals surface area contributed by atoms with Crippen LogP contribution in [-0.2, 0) is 4.74 Å². The number of carbonyl (C=O) groups excluding carboxylic acids is 1. The Hall–Kier alpha value is -1.07. The van der Waals surface area contributed by atoms with Gasteiger partial charge in [0.15, 0.2) is 0 Å². The number of nitrogen functional groups attached to an aromatic ring is 1. The lowest BCUT2D eigenvalue weighted by molar-refractivity contribution is 0.0910. The molecule has 1 heterocycles. The van der Waals surface area contributed by atoms with Crippen molar-refractivity contribution in [3.05, 3.63) is 16.3 Å². The van der Waals surface area contributed by atoms with Crippen LogP contribution in [0.3, 0.4) is 0 Å². The van der Waals surface area contributed by atoms with Crippen LogP contribution in [0.5, 0.6) is 0 Å². The Kier molecular flexibility index (Phi) is 3.91. The van der Waals surface area contributed by atoms with Crippen LogP contribution in [0.15, 0.2) is 11.4 Å². The number of amides is 1. The standard InChI is InChI=1S/C9H14N2O2S/c1-6(5-13-2)11-9(12)8-7(10)3-4-14-8/h3-4,6H,5,10H2,1-2H3,(H,11,12). The lowest BCUT2D eigenvalue weighted by Crippen LogP contribution is -2.35. The van der Waals surface area contributed by atoms with Gasteiger partial charge in [-0.15, -0.1) is 11.3 Å². The summed E-state index contributed by atoms with van der Waals surface area (Å²) in [5.74, 6) is -0.137. The Balaban J connectivity index is 2.55. The number of nitrogens with two attached hydrogens (primary N) is 1. The van der Waals surface area contributed by atoms with Crippen LogP contribution in [0.25, 0.3) is 0 Å². The molecule has 78 valence electrons. The molecule has 4 nitrogen and oxygen atoms in total. The molecule has 0 aliphatic rings. The topological polar surface area (TPSA) is 64.3 Å². The highest BCUT2D eigenvalue weighted by Crippen LogP contribution is 2.18. The maximum Gasteiger partial charge on any atom is 0.263 e. The van der Waals surface area contributed by atoms with E-state index in [0.717, 1.165) is 0 Å². The number of rotatable bonds is 4. The highest BCUT2D eigenvalue weighted by atomic mass is 32.1. The van der Waals surface area contributed by atoms with Gasteiger partial charge in [-0.3, -0.25) is 4.79 Å². The zero-order valence-electron chi connectivity index (χ0n) is 8.24. The maximum atomic E-state index is 11.6. The number of carbonyl (C=O) groups is 1. The molecule has 1 amide bonds. The fraction of sp³-hybridized carbons (Fsp3) is 0.444. The number of anilines is 1. The van der Waals surface area contributed by atoms with Crippen LogP contribution in [0, 0.1) is 0 Å². The van der Waals surface area contributed by atoms with Gasteiger partial charge in [0, 0.05) is 13.2 Å². The Morgan fingerprint density at radius 3 is 3.00 bits per heavy atom. The van der Waals surface area contributed by atoms with Crippen LogP contribution in [0.1, 0.15) is 16.6 Å². The van der Waals surface area contributed by atoms with Crippen molar-refractivity contribution in [1.29, 1.82) is 0 Å². The van der Waals surface area contributed by atoms with Crippen molar-refractivity contribution in [1.82, 2.24) is 5.32 Å². The number of hydrogen-bond donors (Lipinski definition) is 2. The molecule has 0 saturated heterocycles. The first-order valence-electron chi connectivity index (χ1n) is 4.28. The van der Waals surface area contributed by atoms with Crippen molar-refractivity contribution in [3.63, 3.8) is 0 Å². The molecule has 0 bridgehead atoms. The first kappa shape index (κ1) is 11.0. The lowest BCUT2D eigenvalue weighted by atomic mass is 10.3. The second-order valence-corrected chi connectivity index (χ2v) is 3.95. The molecular weight excluding hydrogens is 200 g/mol. The first-order chi connectivity index (χ1) is 6.65.